The van der Waals surface area contributed by atoms with E-state index in [1.165, 1.54) is 11.8 Å². The first kappa shape index (κ1) is 20.9. The number of amides is 1. The second-order valence-electron chi connectivity index (χ2n) is 6.58. The van der Waals surface area contributed by atoms with Crippen molar-refractivity contribution < 1.29 is 9.53 Å². The Labute approximate surface area is 175 Å². The van der Waals surface area contributed by atoms with Crippen LogP contribution < -0.4 is 10.1 Å². The Hall–Kier alpha value is -2.80. The van der Waals surface area contributed by atoms with E-state index in [0.717, 1.165) is 34.0 Å². The molecule has 29 heavy (non-hydrogen) atoms. The van der Waals surface area contributed by atoms with Gasteiger partial charge >= 0.3 is 0 Å². The maximum Gasteiger partial charge on any atom is 0.234 e. The summed E-state index contributed by atoms with van der Waals surface area (Å²) in [4.78, 5) is 12.5. The van der Waals surface area contributed by atoms with Gasteiger partial charge < -0.3 is 14.6 Å². The Morgan fingerprint density at radius 1 is 1.07 bits per heavy atom. The van der Waals surface area contributed by atoms with Crippen LogP contribution in [-0.2, 0) is 11.3 Å². The molecule has 3 aromatic rings. The van der Waals surface area contributed by atoms with Crippen molar-refractivity contribution in [3.63, 3.8) is 0 Å². The molecule has 0 atom stereocenters. The molecule has 0 radical (unpaired) electrons. The first-order valence-electron chi connectivity index (χ1n) is 9.69. The molecule has 3 rings (SSSR count). The van der Waals surface area contributed by atoms with Crippen LogP contribution >= 0.6 is 11.8 Å². The standard InChI is InChI=1S/C22H26N4O2S/c1-5-26-21(17-12-7-8-13-18(17)28-6-2)24-25-22(26)29-14-19(27)23-20-15(3)10-9-11-16(20)4/h7-13H,5-6,14H2,1-4H3,(H,23,27). The van der Waals surface area contributed by atoms with E-state index in [9.17, 15) is 4.79 Å². The van der Waals surface area contributed by atoms with Crippen molar-refractivity contribution in [3.05, 3.63) is 53.6 Å². The van der Waals surface area contributed by atoms with Gasteiger partial charge in [-0.2, -0.15) is 0 Å². The van der Waals surface area contributed by atoms with Gasteiger partial charge in [-0.1, -0.05) is 42.1 Å². The van der Waals surface area contributed by atoms with Crippen LogP contribution in [0.5, 0.6) is 5.75 Å². The number of benzene rings is 2. The molecule has 6 nitrogen and oxygen atoms in total. The van der Waals surface area contributed by atoms with E-state index < -0.39 is 0 Å². The number of nitrogens with zero attached hydrogens (tertiary/aromatic N) is 3. The van der Waals surface area contributed by atoms with E-state index in [2.05, 4.69) is 15.5 Å². The highest BCUT2D eigenvalue weighted by atomic mass is 32.2. The lowest BCUT2D eigenvalue weighted by Crippen LogP contribution is -2.16. The molecule has 1 amide bonds. The zero-order valence-corrected chi connectivity index (χ0v) is 18.0. The molecule has 2 aromatic carbocycles. The molecule has 0 bridgehead atoms. The van der Waals surface area contributed by atoms with Gasteiger partial charge in [-0.25, -0.2) is 0 Å². The number of aryl methyl sites for hydroxylation is 2. The molecule has 0 aliphatic rings. The number of anilines is 1. The molecule has 1 aromatic heterocycles. The van der Waals surface area contributed by atoms with Crippen LogP contribution in [0.3, 0.4) is 0 Å². The predicted molar refractivity (Wildman–Crippen MR) is 118 cm³/mol. The number of ether oxygens (including phenoxy) is 1. The topological polar surface area (TPSA) is 69.0 Å². The molecule has 7 heteroatoms. The monoisotopic (exact) mass is 410 g/mol. The summed E-state index contributed by atoms with van der Waals surface area (Å²) in [6.07, 6.45) is 0. The number of nitrogens with one attached hydrogen (secondary N) is 1. The third-order valence-corrected chi connectivity index (χ3v) is 5.51. The largest absolute Gasteiger partial charge is 0.493 e. The molecule has 0 saturated carbocycles. The minimum atomic E-state index is -0.0608. The molecule has 0 fully saturated rings. The summed E-state index contributed by atoms with van der Waals surface area (Å²) in [5, 5.41) is 12.4. The number of thioether (sulfide) groups is 1. The molecule has 0 saturated heterocycles. The van der Waals surface area contributed by atoms with Crippen molar-refractivity contribution in [1.29, 1.82) is 0 Å². The molecule has 0 spiro atoms. The maximum atomic E-state index is 12.5. The minimum Gasteiger partial charge on any atom is -0.493 e. The highest BCUT2D eigenvalue weighted by Crippen LogP contribution is 2.31. The van der Waals surface area contributed by atoms with Crippen LogP contribution in [0.4, 0.5) is 5.69 Å². The van der Waals surface area contributed by atoms with E-state index in [0.29, 0.717) is 18.3 Å². The first-order chi connectivity index (χ1) is 14.0. The van der Waals surface area contributed by atoms with E-state index >= 15 is 0 Å². The third kappa shape index (κ3) is 4.79. The van der Waals surface area contributed by atoms with Crippen molar-refractivity contribution in [1.82, 2.24) is 14.8 Å². The Bertz CT molecular complexity index is 980. The second-order valence-corrected chi connectivity index (χ2v) is 7.53. The number of hydrogen-bond donors (Lipinski definition) is 1. The van der Waals surface area contributed by atoms with Gasteiger partial charge in [-0.05, 0) is 51.0 Å². The summed E-state index contributed by atoms with van der Waals surface area (Å²) in [7, 11) is 0. The van der Waals surface area contributed by atoms with Crippen LogP contribution in [-0.4, -0.2) is 33.0 Å². The average molecular weight is 411 g/mol. The van der Waals surface area contributed by atoms with Crippen LogP contribution in [0.2, 0.25) is 0 Å². The van der Waals surface area contributed by atoms with Gasteiger partial charge in [0, 0.05) is 12.2 Å². The van der Waals surface area contributed by atoms with Gasteiger partial charge in [0.1, 0.15) is 5.75 Å². The number of carbonyl (C=O) groups is 1. The van der Waals surface area contributed by atoms with Gasteiger partial charge in [-0.3, -0.25) is 4.79 Å². The highest BCUT2D eigenvalue weighted by molar-refractivity contribution is 7.99. The van der Waals surface area contributed by atoms with Gasteiger partial charge in [0.25, 0.3) is 0 Å². The summed E-state index contributed by atoms with van der Waals surface area (Å²) in [6.45, 7) is 9.26. The maximum absolute atomic E-state index is 12.5. The quantitative estimate of drug-likeness (QED) is 0.545. The zero-order chi connectivity index (χ0) is 20.8. The van der Waals surface area contributed by atoms with E-state index in [1.807, 2.05) is 74.7 Å². The van der Waals surface area contributed by atoms with Crippen molar-refractivity contribution in [2.24, 2.45) is 0 Å². The average Bonchev–Trinajstić information content (AvgIpc) is 3.12. The number of para-hydroxylation sites is 2. The molecule has 1 N–H and O–H groups in total. The number of aromatic nitrogens is 3. The molecule has 0 unspecified atom stereocenters. The SMILES string of the molecule is CCOc1ccccc1-c1nnc(SCC(=O)Nc2c(C)cccc2C)n1CC. The molecule has 0 aliphatic heterocycles. The Balaban J connectivity index is 1.75. The number of hydrogen-bond acceptors (Lipinski definition) is 5. The second kappa shape index (κ2) is 9.60. The summed E-state index contributed by atoms with van der Waals surface area (Å²) in [5.74, 6) is 1.73. The first-order valence-corrected chi connectivity index (χ1v) is 10.7. The lowest BCUT2D eigenvalue weighted by atomic mass is 10.1. The molecular formula is C22H26N4O2S. The van der Waals surface area contributed by atoms with Crippen LogP contribution in [0, 0.1) is 13.8 Å². The summed E-state index contributed by atoms with van der Waals surface area (Å²) < 4.78 is 7.74. The molecule has 1 heterocycles. The van der Waals surface area contributed by atoms with Gasteiger partial charge in [0.05, 0.1) is 17.9 Å². The number of rotatable bonds is 8. The van der Waals surface area contributed by atoms with Gasteiger partial charge in [0.2, 0.25) is 5.91 Å². The normalized spacial score (nSPS) is 10.8. The van der Waals surface area contributed by atoms with Crippen LogP contribution in [0.1, 0.15) is 25.0 Å². The third-order valence-electron chi connectivity index (χ3n) is 4.54. The fourth-order valence-electron chi connectivity index (χ4n) is 3.13. The van der Waals surface area contributed by atoms with Crippen LogP contribution in [0.25, 0.3) is 11.4 Å². The predicted octanol–water partition coefficient (Wildman–Crippen LogP) is 4.71. The Morgan fingerprint density at radius 2 is 1.79 bits per heavy atom. The lowest BCUT2D eigenvalue weighted by Gasteiger charge is -2.12. The van der Waals surface area contributed by atoms with Crippen LogP contribution in [0.15, 0.2) is 47.6 Å². The summed E-state index contributed by atoms with van der Waals surface area (Å²) in [5.41, 5.74) is 3.88. The van der Waals surface area contributed by atoms with Crippen molar-refractivity contribution in [2.75, 3.05) is 17.7 Å². The minimum absolute atomic E-state index is 0.0608. The molecular weight excluding hydrogens is 384 g/mol. The Morgan fingerprint density at radius 3 is 2.48 bits per heavy atom. The zero-order valence-electron chi connectivity index (χ0n) is 17.2. The fourth-order valence-corrected chi connectivity index (χ4v) is 3.93. The smallest absolute Gasteiger partial charge is 0.234 e. The van der Waals surface area contributed by atoms with E-state index in [1.54, 1.807) is 0 Å². The number of carbonyl (C=O) groups excluding carboxylic acids is 1. The highest BCUT2D eigenvalue weighted by Gasteiger charge is 2.18. The van der Waals surface area contributed by atoms with Crippen molar-refractivity contribution in [3.8, 4) is 17.1 Å². The lowest BCUT2D eigenvalue weighted by molar-refractivity contribution is -0.113. The molecule has 152 valence electrons. The Kier molecular flexibility index (Phi) is 6.93. The molecule has 0 aliphatic carbocycles. The van der Waals surface area contributed by atoms with Gasteiger partial charge in [0.15, 0.2) is 11.0 Å². The fraction of sp³-hybridized carbons (Fsp3) is 0.318. The van der Waals surface area contributed by atoms with E-state index in [-0.39, 0.29) is 11.7 Å². The van der Waals surface area contributed by atoms with Gasteiger partial charge in [-0.15, -0.1) is 10.2 Å². The van der Waals surface area contributed by atoms with Crippen molar-refractivity contribution >= 4 is 23.4 Å². The van der Waals surface area contributed by atoms with Crippen molar-refractivity contribution in [2.45, 2.75) is 39.4 Å². The summed E-state index contributed by atoms with van der Waals surface area (Å²) >= 11 is 1.38. The summed E-state index contributed by atoms with van der Waals surface area (Å²) in [6, 6.07) is 13.8. The van der Waals surface area contributed by atoms with E-state index in [4.69, 9.17) is 4.74 Å².